The van der Waals surface area contributed by atoms with Gasteiger partial charge < -0.3 is 14.5 Å². The van der Waals surface area contributed by atoms with Gasteiger partial charge in [-0.15, -0.1) is 0 Å². The van der Waals surface area contributed by atoms with E-state index in [0.29, 0.717) is 25.5 Å². The first kappa shape index (κ1) is 16.0. The van der Waals surface area contributed by atoms with Crippen molar-refractivity contribution in [3.8, 4) is 0 Å². The predicted octanol–water partition coefficient (Wildman–Crippen LogP) is 1.93. The van der Waals surface area contributed by atoms with Gasteiger partial charge in [-0.05, 0) is 25.0 Å². The first-order valence-corrected chi connectivity index (χ1v) is 7.64. The molecule has 1 atom stereocenters. The summed E-state index contributed by atoms with van der Waals surface area (Å²) < 4.78 is 43.3. The van der Waals surface area contributed by atoms with Crippen LogP contribution in [0.5, 0.6) is 0 Å². The lowest BCUT2D eigenvalue weighted by atomic mass is 10.2. The summed E-state index contributed by atoms with van der Waals surface area (Å²) in [4.78, 5) is 19.8. The molecule has 1 aromatic heterocycles. The second-order valence-electron chi connectivity index (χ2n) is 5.74. The van der Waals surface area contributed by atoms with Crippen molar-refractivity contribution in [1.82, 2.24) is 9.88 Å². The molecule has 2 fully saturated rings. The summed E-state index contributed by atoms with van der Waals surface area (Å²) in [6, 6.07) is 2.35. The van der Waals surface area contributed by atoms with E-state index in [2.05, 4.69) is 4.98 Å². The summed E-state index contributed by atoms with van der Waals surface area (Å²) in [5.41, 5.74) is -0.779. The molecule has 2 saturated heterocycles. The van der Waals surface area contributed by atoms with Crippen LogP contribution < -0.4 is 4.90 Å². The van der Waals surface area contributed by atoms with Gasteiger partial charge in [-0.3, -0.25) is 4.79 Å². The van der Waals surface area contributed by atoms with Crippen LogP contribution in [0.25, 0.3) is 0 Å². The van der Waals surface area contributed by atoms with E-state index in [0.717, 1.165) is 38.2 Å². The minimum Gasteiger partial charge on any atom is -0.365 e. The molecule has 0 radical (unpaired) electrons. The number of ether oxygens (including phenoxy) is 1. The molecule has 5 nitrogen and oxygen atoms in total. The molecule has 0 bridgehead atoms. The number of nitrogens with zero attached hydrogens (tertiary/aromatic N) is 3. The Labute approximate surface area is 132 Å². The van der Waals surface area contributed by atoms with Crippen LogP contribution >= 0.6 is 0 Å². The average molecular weight is 329 g/mol. The van der Waals surface area contributed by atoms with Gasteiger partial charge in [0.05, 0.1) is 18.7 Å². The van der Waals surface area contributed by atoms with Crippen LogP contribution in [0.3, 0.4) is 0 Å². The fourth-order valence-corrected chi connectivity index (χ4v) is 2.89. The fourth-order valence-electron chi connectivity index (χ4n) is 2.89. The highest BCUT2D eigenvalue weighted by atomic mass is 19.4. The standard InChI is InChI=1S/C15H18F3N3O2/c16-15(17,18)11-3-4-13(19-9-11)21-7-8-23-12(10-21)14(22)20-5-1-2-6-20/h3-4,9,12H,1-2,5-8,10H2. The molecule has 0 saturated carbocycles. The largest absolute Gasteiger partial charge is 0.417 e. The maximum atomic E-state index is 12.6. The van der Waals surface area contributed by atoms with Gasteiger partial charge in [0.2, 0.25) is 0 Å². The van der Waals surface area contributed by atoms with Gasteiger partial charge in [-0.2, -0.15) is 13.2 Å². The number of hydrogen-bond donors (Lipinski definition) is 0. The normalized spacial score (nSPS) is 22.5. The number of aromatic nitrogens is 1. The molecule has 1 amide bonds. The Morgan fingerprint density at radius 3 is 2.57 bits per heavy atom. The summed E-state index contributed by atoms with van der Waals surface area (Å²) in [6.07, 6.45) is -2.15. The SMILES string of the molecule is O=C(C1CN(c2ccc(C(F)(F)F)cn2)CCO1)N1CCCC1. The molecular formula is C15H18F3N3O2. The molecule has 0 aliphatic carbocycles. The lowest BCUT2D eigenvalue weighted by Gasteiger charge is -2.34. The van der Waals surface area contributed by atoms with Crippen LogP contribution in [0.4, 0.5) is 19.0 Å². The number of anilines is 1. The zero-order valence-electron chi connectivity index (χ0n) is 12.6. The number of rotatable bonds is 2. The Balaban J connectivity index is 1.67. The van der Waals surface area contributed by atoms with E-state index in [1.807, 2.05) is 0 Å². The molecule has 23 heavy (non-hydrogen) atoms. The summed E-state index contributed by atoms with van der Waals surface area (Å²) in [5, 5.41) is 0. The Bertz CT molecular complexity index is 556. The highest BCUT2D eigenvalue weighted by Gasteiger charge is 2.33. The summed E-state index contributed by atoms with van der Waals surface area (Å²) in [6.45, 7) is 2.66. The zero-order valence-corrected chi connectivity index (χ0v) is 12.6. The molecule has 1 unspecified atom stereocenters. The Morgan fingerprint density at radius 1 is 1.22 bits per heavy atom. The summed E-state index contributed by atoms with van der Waals surface area (Å²) in [5.74, 6) is 0.389. The van der Waals surface area contributed by atoms with Crippen LogP contribution in [-0.4, -0.2) is 54.7 Å². The molecule has 1 aromatic rings. The van der Waals surface area contributed by atoms with Crippen molar-refractivity contribution in [3.63, 3.8) is 0 Å². The van der Waals surface area contributed by atoms with Gasteiger partial charge in [0.25, 0.3) is 5.91 Å². The minimum absolute atomic E-state index is 0.0425. The van der Waals surface area contributed by atoms with Gasteiger partial charge in [0.15, 0.2) is 6.10 Å². The van der Waals surface area contributed by atoms with Gasteiger partial charge in [-0.25, -0.2) is 4.98 Å². The fraction of sp³-hybridized carbons (Fsp3) is 0.600. The quantitative estimate of drug-likeness (QED) is 0.832. The van der Waals surface area contributed by atoms with Crippen LogP contribution in [0.2, 0.25) is 0 Å². The van der Waals surface area contributed by atoms with Crippen molar-refractivity contribution in [1.29, 1.82) is 0 Å². The van der Waals surface area contributed by atoms with Crippen molar-refractivity contribution in [2.45, 2.75) is 25.1 Å². The van der Waals surface area contributed by atoms with Gasteiger partial charge in [0.1, 0.15) is 5.82 Å². The first-order valence-electron chi connectivity index (χ1n) is 7.64. The third-order valence-electron chi connectivity index (χ3n) is 4.16. The topological polar surface area (TPSA) is 45.7 Å². The average Bonchev–Trinajstić information content (AvgIpc) is 3.08. The molecule has 3 heterocycles. The van der Waals surface area contributed by atoms with Crippen molar-refractivity contribution >= 4 is 11.7 Å². The maximum absolute atomic E-state index is 12.6. The van der Waals surface area contributed by atoms with E-state index in [1.165, 1.54) is 6.07 Å². The molecule has 0 aromatic carbocycles. The summed E-state index contributed by atoms with van der Waals surface area (Å²) >= 11 is 0. The Hall–Kier alpha value is -1.83. The summed E-state index contributed by atoms with van der Waals surface area (Å²) in [7, 11) is 0. The number of halogens is 3. The molecule has 8 heteroatoms. The second kappa shape index (κ2) is 6.35. The first-order chi connectivity index (χ1) is 10.9. The van der Waals surface area contributed by atoms with Crippen molar-refractivity contribution in [3.05, 3.63) is 23.9 Å². The Morgan fingerprint density at radius 2 is 1.96 bits per heavy atom. The molecule has 3 rings (SSSR count). The number of pyridine rings is 1. The molecule has 2 aliphatic rings. The molecule has 0 spiro atoms. The van der Waals surface area contributed by atoms with Crippen molar-refractivity contribution in [2.24, 2.45) is 0 Å². The molecular weight excluding hydrogens is 311 g/mol. The van der Waals surface area contributed by atoms with E-state index in [1.54, 1.807) is 9.80 Å². The van der Waals surface area contributed by atoms with Crippen LogP contribution in [-0.2, 0) is 15.7 Å². The van der Waals surface area contributed by atoms with E-state index < -0.39 is 17.8 Å². The zero-order chi connectivity index (χ0) is 16.4. The van der Waals surface area contributed by atoms with E-state index >= 15 is 0 Å². The van der Waals surface area contributed by atoms with E-state index in [9.17, 15) is 18.0 Å². The van der Waals surface area contributed by atoms with Gasteiger partial charge in [-0.1, -0.05) is 0 Å². The maximum Gasteiger partial charge on any atom is 0.417 e. The van der Waals surface area contributed by atoms with Crippen LogP contribution in [0, 0.1) is 0 Å². The third kappa shape index (κ3) is 3.57. The molecule has 2 aliphatic heterocycles. The number of alkyl halides is 3. The smallest absolute Gasteiger partial charge is 0.365 e. The monoisotopic (exact) mass is 329 g/mol. The van der Waals surface area contributed by atoms with Crippen LogP contribution in [0.15, 0.2) is 18.3 Å². The Kier molecular flexibility index (Phi) is 4.43. The van der Waals surface area contributed by atoms with Crippen molar-refractivity contribution in [2.75, 3.05) is 37.7 Å². The van der Waals surface area contributed by atoms with Crippen LogP contribution in [0.1, 0.15) is 18.4 Å². The predicted molar refractivity (Wildman–Crippen MR) is 77.0 cm³/mol. The number of likely N-dealkylation sites (tertiary alicyclic amines) is 1. The van der Waals surface area contributed by atoms with Gasteiger partial charge in [0, 0.05) is 25.8 Å². The number of carbonyl (C=O) groups excluding carboxylic acids is 1. The number of hydrogen-bond acceptors (Lipinski definition) is 4. The highest BCUT2D eigenvalue weighted by Crippen LogP contribution is 2.29. The molecule has 126 valence electrons. The lowest BCUT2D eigenvalue weighted by Crippen LogP contribution is -2.50. The van der Waals surface area contributed by atoms with E-state index in [-0.39, 0.29) is 5.91 Å². The van der Waals surface area contributed by atoms with Crippen molar-refractivity contribution < 1.29 is 22.7 Å². The number of morpholine rings is 1. The highest BCUT2D eigenvalue weighted by molar-refractivity contribution is 5.82. The van der Waals surface area contributed by atoms with E-state index in [4.69, 9.17) is 4.74 Å². The van der Waals surface area contributed by atoms with Gasteiger partial charge >= 0.3 is 6.18 Å². The molecule has 0 N–H and O–H groups in total. The second-order valence-corrected chi connectivity index (χ2v) is 5.74. The number of carbonyl (C=O) groups is 1. The number of amides is 1. The minimum atomic E-state index is -4.40. The lowest BCUT2D eigenvalue weighted by molar-refractivity contribution is -0.143. The third-order valence-corrected chi connectivity index (χ3v) is 4.16.